The SMILES string of the molecule is NC(=O)c1cc(F)c(NC2CCCCC2)nc1Nc1ccc2c(c1)OCCO2. The lowest BCUT2D eigenvalue weighted by Gasteiger charge is -2.24. The van der Waals surface area contributed by atoms with Crippen LogP contribution in [0.1, 0.15) is 42.5 Å². The largest absolute Gasteiger partial charge is 0.486 e. The maximum absolute atomic E-state index is 14.5. The predicted molar refractivity (Wildman–Crippen MR) is 104 cm³/mol. The van der Waals surface area contributed by atoms with E-state index in [4.69, 9.17) is 15.2 Å². The van der Waals surface area contributed by atoms with Gasteiger partial charge in [-0.1, -0.05) is 19.3 Å². The molecule has 1 aromatic heterocycles. The predicted octanol–water partition coefficient (Wildman–Crippen LogP) is 3.58. The number of carbonyl (C=O) groups is 1. The maximum atomic E-state index is 14.5. The van der Waals surface area contributed by atoms with Crippen LogP contribution in [0.25, 0.3) is 0 Å². The van der Waals surface area contributed by atoms with Gasteiger partial charge in [0, 0.05) is 17.8 Å². The second-order valence-electron chi connectivity index (χ2n) is 7.04. The van der Waals surface area contributed by atoms with Gasteiger partial charge in [-0.05, 0) is 31.0 Å². The number of primary amides is 1. The number of hydrogen-bond acceptors (Lipinski definition) is 6. The van der Waals surface area contributed by atoms with E-state index in [1.165, 1.54) is 6.42 Å². The molecule has 0 radical (unpaired) electrons. The van der Waals surface area contributed by atoms with Crippen LogP contribution < -0.4 is 25.8 Å². The van der Waals surface area contributed by atoms with E-state index in [2.05, 4.69) is 15.6 Å². The molecule has 0 unspecified atom stereocenters. The zero-order chi connectivity index (χ0) is 19.5. The Morgan fingerprint density at radius 1 is 1.07 bits per heavy atom. The highest BCUT2D eigenvalue weighted by Crippen LogP contribution is 2.34. The van der Waals surface area contributed by atoms with Crippen LogP contribution in [-0.2, 0) is 0 Å². The fourth-order valence-electron chi connectivity index (χ4n) is 3.57. The van der Waals surface area contributed by atoms with E-state index in [1.807, 2.05) is 0 Å². The number of nitrogens with two attached hydrogens (primary N) is 1. The Kier molecular flexibility index (Phi) is 5.18. The van der Waals surface area contributed by atoms with Gasteiger partial charge in [-0.15, -0.1) is 0 Å². The van der Waals surface area contributed by atoms with Crippen molar-refractivity contribution >= 4 is 23.2 Å². The minimum absolute atomic E-state index is 0.0124. The molecule has 1 fully saturated rings. The minimum atomic E-state index is -0.754. The zero-order valence-corrected chi connectivity index (χ0v) is 15.5. The third kappa shape index (κ3) is 3.95. The molecule has 1 amide bonds. The number of ether oxygens (including phenoxy) is 2. The Bertz CT molecular complexity index is 884. The monoisotopic (exact) mass is 386 g/mol. The van der Waals surface area contributed by atoms with Crippen LogP contribution in [0.4, 0.5) is 21.7 Å². The Morgan fingerprint density at radius 3 is 2.57 bits per heavy atom. The molecular formula is C20H23FN4O3. The Labute approximate surface area is 162 Å². The molecule has 7 nitrogen and oxygen atoms in total. The van der Waals surface area contributed by atoms with E-state index < -0.39 is 11.7 Å². The fraction of sp³-hybridized carbons (Fsp3) is 0.400. The van der Waals surface area contributed by atoms with Crippen molar-refractivity contribution in [1.29, 1.82) is 0 Å². The van der Waals surface area contributed by atoms with Gasteiger partial charge in [0.2, 0.25) is 0 Å². The normalized spacial score (nSPS) is 16.5. The molecule has 1 aromatic carbocycles. The van der Waals surface area contributed by atoms with Gasteiger partial charge in [0.15, 0.2) is 23.1 Å². The number of aromatic nitrogens is 1. The van der Waals surface area contributed by atoms with Crippen molar-refractivity contribution in [3.05, 3.63) is 35.6 Å². The smallest absolute Gasteiger partial charge is 0.252 e. The lowest BCUT2D eigenvalue weighted by Crippen LogP contribution is -2.24. The molecule has 4 rings (SSSR count). The first-order chi connectivity index (χ1) is 13.6. The number of rotatable bonds is 5. The van der Waals surface area contributed by atoms with Crippen LogP contribution >= 0.6 is 0 Å². The summed E-state index contributed by atoms with van der Waals surface area (Å²) in [5, 5.41) is 6.22. The first-order valence-electron chi connectivity index (χ1n) is 9.54. The third-order valence-corrected chi connectivity index (χ3v) is 4.99. The lowest BCUT2D eigenvalue weighted by atomic mass is 9.95. The summed E-state index contributed by atoms with van der Waals surface area (Å²) < 4.78 is 25.6. The molecule has 2 heterocycles. The summed E-state index contributed by atoms with van der Waals surface area (Å²) in [6.07, 6.45) is 5.38. The van der Waals surface area contributed by atoms with Crippen molar-refractivity contribution < 1.29 is 18.7 Å². The Balaban J connectivity index is 1.62. The molecule has 4 N–H and O–H groups in total. The van der Waals surface area contributed by atoms with E-state index in [1.54, 1.807) is 18.2 Å². The molecule has 1 aliphatic heterocycles. The van der Waals surface area contributed by atoms with E-state index in [-0.39, 0.29) is 23.2 Å². The molecule has 0 spiro atoms. The van der Waals surface area contributed by atoms with Crippen molar-refractivity contribution in [2.45, 2.75) is 38.1 Å². The van der Waals surface area contributed by atoms with Crippen molar-refractivity contribution in [1.82, 2.24) is 4.98 Å². The Hall–Kier alpha value is -3.03. The quantitative estimate of drug-likeness (QED) is 0.727. The highest BCUT2D eigenvalue weighted by molar-refractivity contribution is 5.98. The first kappa shape index (κ1) is 18.3. The summed E-state index contributed by atoms with van der Waals surface area (Å²) in [6.45, 7) is 0.967. The number of pyridine rings is 1. The van der Waals surface area contributed by atoms with E-state index in [0.717, 1.165) is 31.7 Å². The van der Waals surface area contributed by atoms with E-state index in [9.17, 15) is 9.18 Å². The number of halogens is 1. The van der Waals surface area contributed by atoms with E-state index >= 15 is 0 Å². The summed E-state index contributed by atoms with van der Waals surface area (Å²) in [7, 11) is 0. The third-order valence-electron chi connectivity index (χ3n) is 4.99. The molecule has 0 saturated heterocycles. The standard InChI is InChI=1S/C20H23FN4O3/c21-15-11-14(18(22)26)19(25-20(15)23-12-4-2-1-3-5-12)24-13-6-7-16-17(10-13)28-9-8-27-16/h6-7,10-12H,1-5,8-9H2,(H2,22,26)(H2,23,24,25). The van der Waals surface area contributed by atoms with Crippen LogP contribution in [0.5, 0.6) is 11.5 Å². The molecule has 0 atom stereocenters. The van der Waals surface area contributed by atoms with Gasteiger partial charge in [-0.2, -0.15) is 0 Å². The number of fused-ring (bicyclic) bond motifs is 1. The summed E-state index contributed by atoms with van der Waals surface area (Å²) in [5.74, 6) is 0.224. The molecule has 1 saturated carbocycles. The molecule has 148 valence electrons. The zero-order valence-electron chi connectivity index (χ0n) is 15.5. The highest BCUT2D eigenvalue weighted by Gasteiger charge is 2.20. The summed E-state index contributed by atoms with van der Waals surface area (Å²) >= 11 is 0. The van der Waals surface area contributed by atoms with Crippen molar-refractivity contribution in [2.24, 2.45) is 5.73 Å². The second-order valence-corrected chi connectivity index (χ2v) is 7.04. The van der Waals surface area contributed by atoms with Gasteiger partial charge >= 0.3 is 0 Å². The lowest BCUT2D eigenvalue weighted by molar-refractivity contribution is 0.100. The first-order valence-corrected chi connectivity index (χ1v) is 9.54. The molecule has 8 heteroatoms. The molecule has 1 aliphatic carbocycles. The summed E-state index contributed by atoms with van der Waals surface area (Å²) in [5.41, 5.74) is 6.05. The average Bonchev–Trinajstić information content (AvgIpc) is 2.71. The molecular weight excluding hydrogens is 363 g/mol. The number of nitrogens with one attached hydrogen (secondary N) is 2. The number of anilines is 3. The van der Waals surface area contributed by atoms with Crippen molar-refractivity contribution in [2.75, 3.05) is 23.8 Å². The van der Waals surface area contributed by atoms with Crippen molar-refractivity contribution in [3.63, 3.8) is 0 Å². The second kappa shape index (κ2) is 7.92. The van der Waals surface area contributed by atoms with Crippen LogP contribution in [-0.4, -0.2) is 30.1 Å². The van der Waals surface area contributed by atoms with Gasteiger partial charge in [-0.25, -0.2) is 9.37 Å². The molecule has 0 bridgehead atoms. The number of nitrogens with zero attached hydrogens (tertiary/aromatic N) is 1. The maximum Gasteiger partial charge on any atom is 0.252 e. The van der Waals surface area contributed by atoms with Crippen molar-refractivity contribution in [3.8, 4) is 11.5 Å². The minimum Gasteiger partial charge on any atom is -0.486 e. The van der Waals surface area contributed by atoms with Gasteiger partial charge in [0.05, 0.1) is 5.56 Å². The van der Waals surface area contributed by atoms with Crippen LogP contribution in [0, 0.1) is 5.82 Å². The van der Waals surface area contributed by atoms with Crippen LogP contribution in [0.3, 0.4) is 0 Å². The van der Waals surface area contributed by atoms with E-state index in [0.29, 0.717) is 30.4 Å². The number of amides is 1. The summed E-state index contributed by atoms with van der Waals surface area (Å²) in [4.78, 5) is 16.1. The highest BCUT2D eigenvalue weighted by atomic mass is 19.1. The van der Waals surface area contributed by atoms with Gasteiger partial charge < -0.3 is 25.8 Å². The van der Waals surface area contributed by atoms with Gasteiger partial charge in [0.1, 0.15) is 19.0 Å². The number of hydrogen-bond donors (Lipinski definition) is 3. The molecule has 2 aromatic rings. The number of benzene rings is 1. The fourth-order valence-corrected chi connectivity index (χ4v) is 3.57. The molecule has 2 aliphatic rings. The topological polar surface area (TPSA) is 98.5 Å². The summed E-state index contributed by atoms with van der Waals surface area (Å²) in [6, 6.07) is 6.60. The molecule has 28 heavy (non-hydrogen) atoms. The van der Waals surface area contributed by atoms with Gasteiger partial charge in [0.25, 0.3) is 5.91 Å². The average molecular weight is 386 g/mol. The number of carbonyl (C=O) groups excluding carboxylic acids is 1. The van der Waals surface area contributed by atoms with Crippen LogP contribution in [0.15, 0.2) is 24.3 Å². The van der Waals surface area contributed by atoms with Crippen LogP contribution in [0.2, 0.25) is 0 Å². The Morgan fingerprint density at radius 2 is 1.82 bits per heavy atom. The van der Waals surface area contributed by atoms with Gasteiger partial charge in [-0.3, -0.25) is 4.79 Å².